The summed E-state index contributed by atoms with van der Waals surface area (Å²) in [7, 11) is -3.45. The number of methoxy groups -OCH3 is 1. The molecule has 0 aliphatic heterocycles. The first-order valence-electron chi connectivity index (χ1n) is 5.85. The van der Waals surface area contributed by atoms with Crippen molar-refractivity contribution in [2.45, 2.75) is 25.9 Å². The van der Waals surface area contributed by atoms with Gasteiger partial charge in [-0.15, -0.1) is 0 Å². The first-order chi connectivity index (χ1) is 8.68. The highest BCUT2D eigenvalue weighted by molar-refractivity contribution is 7.53. The topological polar surface area (TPSA) is 83.8 Å². The molecule has 0 fully saturated rings. The molecule has 6 heteroatoms. The van der Waals surface area contributed by atoms with Crippen LogP contribution in [0.5, 0.6) is 0 Å². The van der Waals surface area contributed by atoms with Crippen LogP contribution in [0.25, 0.3) is 0 Å². The number of ether oxygens (including phenoxy) is 1. The van der Waals surface area contributed by atoms with E-state index in [1.165, 1.54) is 0 Å². The van der Waals surface area contributed by atoms with Gasteiger partial charge in [-0.2, -0.15) is 0 Å². The van der Waals surface area contributed by atoms with Crippen molar-refractivity contribution in [2.24, 2.45) is 5.41 Å². The van der Waals surface area contributed by atoms with Crippen LogP contribution in [0.2, 0.25) is 0 Å². The van der Waals surface area contributed by atoms with E-state index in [1.54, 1.807) is 13.8 Å². The van der Waals surface area contributed by atoms with Gasteiger partial charge >= 0.3 is 13.6 Å². The van der Waals surface area contributed by atoms with E-state index < -0.39 is 24.6 Å². The molecule has 0 heterocycles. The maximum Gasteiger partial charge on any atom is 0.340 e. The minimum absolute atomic E-state index is 0.374. The summed E-state index contributed by atoms with van der Waals surface area (Å²) in [5, 5.41) is 0. The van der Waals surface area contributed by atoms with Crippen LogP contribution in [0, 0.1) is 5.41 Å². The van der Waals surface area contributed by atoms with Gasteiger partial charge in [0.2, 0.25) is 0 Å². The first kappa shape index (κ1) is 15.9. The molecule has 0 bridgehead atoms. The largest absolute Gasteiger partial charge is 0.468 e. The van der Waals surface area contributed by atoms with E-state index in [2.05, 4.69) is 4.74 Å². The van der Waals surface area contributed by atoms with E-state index in [1.807, 2.05) is 30.3 Å². The van der Waals surface area contributed by atoms with E-state index in [0.717, 1.165) is 12.7 Å². The van der Waals surface area contributed by atoms with Crippen molar-refractivity contribution < 1.29 is 23.9 Å². The van der Waals surface area contributed by atoms with E-state index >= 15 is 0 Å². The van der Waals surface area contributed by atoms with Crippen LogP contribution in [-0.2, 0) is 20.5 Å². The summed E-state index contributed by atoms with van der Waals surface area (Å²) in [4.78, 5) is 30.5. The lowest BCUT2D eigenvalue weighted by molar-refractivity contribution is -0.142. The van der Waals surface area contributed by atoms with Crippen molar-refractivity contribution in [1.29, 1.82) is 0 Å². The number of carbonyl (C=O) groups is 1. The Morgan fingerprint density at radius 2 is 1.84 bits per heavy atom. The van der Waals surface area contributed by atoms with Crippen molar-refractivity contribution >= 4 is 13.6 Å². The van der Waals surface area contributed by atoms with E-state index in [9.17, 15) is 19.1 Å². The number of hydrogen-bond donors (Lipinski definition) is 2. The fourth-order valence-corrected chi connectivity index (χ4v) is 3.62. The van der Waals surface area contributed by atoms with E-state index in [4.69, 9.17) is 0 Å². The predicted octanol–water partition coefficient (Wildman–Crippen LogP) is 1.97. The van der Waals surface area contributed by atoms with Crippen LogP contribution in [0.4, 0.5) is 0 Å². The summed E-state index contributed by atoms with van der Waals surface area (Å²) < 4.78 is 16.1. The van der Waals surface area contributed by atoms with Crippen molar-refractivity contribution in [1.82, 2.24) is 0 Å². The molecule has 5 nitrogen and oxygen atoms in total. The molecule has 0 saturated heterocycles. The number of hydrogen-bond acceptors (Lipinski definition) is 3. The quantitative estimate of drug-likeness (QED) is 0.638. The third kappa shape index (κ3) is 4.16. The third-order valence-corrected chi connectivity index (χ3v) is 4.59. The first-order valence-corrected chi connectivity index (χ1v) is 7.53. The molecular weight excluding hydrogens is 267 g/mol. The lowest BCUT2D eigenvalue weighted by Gasteiger charge is -2.32. The Labute approximate surface area is 112 Å². The highest BCUT2D eigenvalue weighted by Crippen LogP contribution is 2.51. The molecule has 0 saturated carbocycles. The van der Waals surface area contributed by atoms with Crippen molar-refractivity contribution in [3.8, 4) is 0 Å². The molecule has 19 heavy (non-hydrogen) atoms. The van der Waals surface area contributed by atoms with Crippen LogP contribution < -0.4 is 0 Å². The Morgan fingerprint density at radius 3 is 2.26 bits per heavy atom. The van der Waals surface area contributed by atoms with Crippen LogP contribution >= 0.6 is 7.60 Å². The minimum Gasteiger partial charge on any atom is -0.468 e. The summed E-state index contributed by atoms with van der Waals surface area (Å²) in [5.41, 5.74) is -1.46. The molecule has 0 spiro atoms. The Morgan fingerprint density at radius 1 is 1.32 bits per heavy atom. The van der Waals surface area contributed by atoms with Gasteiger partial charge in [-0.3, -0.25) is 9.36 Å². The molecule has 0 amide bonds. The smallest absolute Gasteiger partial charge is 0.340 e. The molecule has 2 N–H and O–H groups in total. The second-order valence-corrected chi connectivity index (χ2v) is 6.86. The molecule has 0 aliphatic rings. The molecule has 1 rings (SSSR count). The Kier molecular flexibility index (Phi) is 4.91. The van der Waals surface area contributed by atoms with E-state index in [-0.39, 0.29) is 0 Å². The van der Waals surface area contributed by atoms with Gasteiger partial charge < -0.3 is 14.5 Å². The number of rotatable bonds is 5. The van der Waals surface area contributed by atoms with Crippen LogP contribution in [0.1, 0.15) is 19.4 Å². The highest BCUT2D eigenvalue weighted by atomic mass is 31.2. The molecule has 0 aromatic heterocycles. The zero-order chi connectivity index (χ0) is 14.7. The SMILES string of the molecule is COC(=O)C(C(C)(C)Cc1ccccc1)P(=O)(O)O. The summed E-state index contributed by atoms with van der Waals surface area (Å²) >= 11 is 0. The standard InChI is InChI=1S/C13H19O5P/c1-13(2,9-10-7-5-4-6-8-10)11(12(14)18-3)19(15,16)17/h4-8,11H,9H2,1-3H3,(H2,15,16,17). The Bertz CT molecular complexity index is 477. The highest BCUT2D eigenvalue weighted by Gasteiger charge is 2.48. The van der Waals surface area contributed by atoms with Gasteiger partial charge in [0.25, 0.3) is 0 Å². The average molecular weight is 286 g/mol. The fraction of sp³-hybridized carbons (Fsp3) is 0.462. The maximum atomic E-state index is 11.7. The van der Waals surface area contributed by atoms with E-state index in [0.29, 0.717) is 6.42 Å². The number of benzene rings is 1. The molecule has 106 valence electrons. The second-order valence-electron chi connectivity index (χ2n) is 5.17. The molecule has 1 unspecified atom stereocenters. The van der Waals surface area contributed by atoms with Gasteiger partial charge in [0.05, 0.1) is 7.11 Å². The van der Waals surface area contributed by atoms with Crippen LogP contribution in [0.15, 0.2) is 30.3 Å². The van der Waals surface area contributed by atoms with Gasteiger partial charge in [-0.1, -0.05) is 44.2 Å². The number of carbonyl (C=O) groups excluding carboxylic acids is 1. The second kappa shape index (κ2) is 5.87. The maximum absolute atomic E-state index is 11.7. The average Bonchev–Trinajstić information content (AvgIpc) is 2.27. The zero-order valence-electron chi connectivity index (χ0n) is 11.2. The van der Waals surface area contributed by atoms with Gasteiger partial charge in [-0.25, -0.2) is 0 Å². The summed E-state index contributed by atoms with van der Waals surface area (Å²) in [5.74, 6) is -0.880. The number of esters is 1. The summed E-state index contributed by atoms with van der Waals surface area (Å²) in [6.07, 6.45) is 0.374. The van der Waals surface area contributed by atoms with Crippen molar-refractivity contribution in [3.63, 3.8) is 0 Å². The predicted molar refractivity (Wildman–Crippen MR) is 71.8 cm³/mol. The lowest BCUT2D eigenvalue weighted by atomic mass is 9.82. The molecule has 0 radical (unpaired) electrons. The fourth-order valence-electron chi connectivity index (χ4n) is 2.24. The summed E-state index contributed by atoms with van der Waals surface area (Å²) in [6, 6.07) is 9.26. The normalized spacial score (nSPS) is 13.9. The van der Waals surface area contributed by atoms with Crippen molar-refractivity contribution in [2.75, 3.05) is 7.11 Å². The Hall–Kier alpha value is -1.16. The van der Waals surface area contributed by atoms with Gasteiger partial charge in [0.15, 0.2) is 5.66 Å². The van der Waals surface area contributed by atoms with Gasteiger partial charge in [-0.05, 0) is 17.4 Å². The monoisotopic (exact) mass is 286 g/mol. The minimum atomic E-state index is -4.58. The third-order valence-electron chi connectivity index (χ3n) is 3.00. The molecule has 1 aromatic rings. The van der Waals surface area contributed by atoms with Gasteiger partial charge in [0.1, 0.15) is 0 Å². The molecular formula is C13H19O5P. The molecule has 1 aromatic carbocycles. The zero-order valence-corrected chi connectivity index (χ0v) is 12.1. The van der Waals surface area contributed by atoms with Crippen molar-refractivity contribution in [3.05, 3.63) is 35.9 Å². The van der Waals surface area contributed by atoms with Gasteiger partial charge in [0, 0.05) is 0 Å². The Balaban J connectivity index is 3.07. The summed E-state index contributed by atoms with van der Waals surface area (Å²) in [6.45, 7) is 3.31. The molecule has 1 atom stereocenters. The van der Waals surface area contributed by atoms with Crippen LogP contribution in [0.3, 0.4) is 0 Å². The van der Waals surface area contributed by atoms with Crippen LogP contribution in [-0.4, -0.2) is 28.5 Å². The molecule has 0 aliphatic carbocycles. The lowest BCUT2D eigenvalue weighted by Crippen LogP contribution is -2.38.